The van der Waals surface area contributed by atoms with Crippen molar-refractivity contribution < 1.29 is 9.47 Å². The van der Waals surface area contributed by atoms with E-state index in [1.54, 1.807) is 13.2 Å². The molecule has 0 aromatic heterocycles. The minimum Gasteiger partial charge on any atom is -0.492 e. The topological polar surface area (TPSA) is 44.5 Å². The third-order valence-corrected chi connectivity index (χ3v) is 2.74. The molecule has 0 radical (unpaired) electrons. The molecule has 0 spiro atoms. The van der Waals surface area contributed by atoms with Gasteiger partial charge in [0, 0.05) is 25.2 Å². The molecule has 0 saturated heterocycles. The summed E-state index contributed by atoms with van der Waals surface area (Å²) >= 11 is 12.0. The van der Waals surface area contributed by atoms with Crippen LogP contribution in [0.15, 0.2) is 12.1 Å². The lowest BCUT2D eigenvalue weighted by atomic mass is 10.1. The van der Waals surface area contributed by atoms with E-state index in [1.165, 1.54) is 0 Å². The van der Waals surface area contributed by atoms with Crippen LogP contribution in [0.2, 0.25) is 10.0 Å². The molecule has 0 fully saturated rings. The third-order valence-electron chi connectivity index (χ3n) is 2.24. The second kappa shape index (κ2) is 7.77. The molecular formula is C12H17Cl2NO2. The van der Waals surface area contributed by atoms with Crippen molar-refractivity contribution in [1.29, 1.82) is 0 Å². The predicted octanol–water partition coefficient (Wildman–Crippen LogP) is 2.91. The molecule has 1 aromatic carbocycles. The summed E-state index contributed by atoms with van der Waals surface area (Å²) in [6, 6.07) is 3.51. The van der Waals surface area contributed by atoms with Gasteiger partial charge in [0.15, 0.2) is 0 Å². The lowest BCUT2D eigenvalue weighted by molar-refractivity contribution is 0.172. The Morgan fingerprint density at radius 3 is 2.65 bits per heavy atom. The van der Waals surface area contributed by atoms with Crippen LogP contribution in [0.3, 0.4) is 0 Å². The van der Waals surface area contributed by atoms with Crippen LogP contribution < -0.4 is 10.5 Å². The van der Waals surface area contributed by atoms with Gasteiger partial charge in [-0.15, -0.1) is 0 Å². The molecule has 0 atom stereocenters. The molecule has 0 unspecified atom stereocenters. The number of hydrogen-bond acceptors (Lipinski definition) is 3. The fourth-order valence-electron chi connectivity index (χ4n) is 1.49. The molecule has 96 valence electrons. The monoisotopic (exact) mass is 277 g/mol. The Labute approximate surface area is 112 Å². The zero-order chi connectivity index (χ0) is 12.7. The quantitative estimate of drug-likeness (QED) is 0.780. The van der Waals surface area contributed by atoms with E-state index in [1.807, 2.05) is 6.07 Å². The van der Waals surface area contributed by atoms with Crippen molar-refractivity contribution in [3.8, 4) is 5.75 Å². The van der Waals surface area contributed by atoms with Gasteiger partial charge in [-0.1, -0.05) is 23.2 Å². The van der Waals surface area contributed by atoms with Crippen LogP contribution in [0, 0.1) is 0 Å². The number of rotatable bonds is 7. The molecule has 0 aliphatic rings. The first-order valence-corrected chi connectivity index (χ1v) is 6.24. The van der Waals surface area contributed by atoms with E-state index in [4.69, 9.17) is 38.4 Å². The van der Waals surface area contributed by atoms with Crippen molar-refractivity contribution in [3.05, 3.63) is 27.7 Å². The van der Waals surface area contributed by atoms with Crippen LogP contribution in [0.4, 0.5) is 0 Å². The van der Waals surface area contributed by atoms with Crippen LogP contribution in [0.25, 0.3) is 0 Å². The van der Waals surface area contributed by atoms with Gasteiger partial charge in [0.25, 0.3) is 0 Å². The van der Waals surface area contributed by atoms with Gasteiger partial charge < -0.3 is 15.2 Å². The molecule has 1 aromatic rings. The number of nitrogens with two attached hydrogens (primary N) is 1. The highest BCUT2D eigenvalue weighted by atomic mass is 35.5. The van der Waals surface area contributed by atoms with E-state index in [9.17, 15) is 0 Å². The van der Waals surface area contributed by atoms with Crippen molar-refractivity contribution in [2.45, 2.75) is 12.8 Å². The Kier molecular flexibility index (Phi) is 6.66. The number of ether oxygens (including phenoxy) is 2. The lowest BCUT2D eigenvalue weighted by Gasteiger charge is -2.13. The average molecular weight is 278 g/mol. The number of methoxy groups -OCH3 is 1. The van der Waals surface area contributed by atoms with E-state index in [0.717, 1.165) is 12.0 Å². The van der Waals surface area contributed by atoms with Crippen molar-refractivity contribution >= 4 is 23.2 Å². The summed E-state index contributed by atoms with van der Waals surface area (Å²) in [6.45, 7) is 1.76. The van der Waals surface area contributed by atoms with E-state index < -0.39 is 0 Å². The minimum absolute atomic E-state index is 0.526. The van der Waals surface area contributed by atoms with Gasteiger partial charge in [0.1, 0.15) is 5.75 Å². The van der Waals surface area contributed by atoms with E-state index in [-0.39, 0.29) is 0 Å². The van der Waals surface area contributed by atoms with E-state index in [0.29, 0.717) is 42.0 Å². The molecule has 0 amide bonds. The smallest absolute Gasteiger partial charge is 0.141 e. The van der Waals surface area contributed by atoms with Gasteiger partial charge in [0.05, 0.1) is 11.6 Å². The normalized spacial score (nSPS) is 10.6. The maximum atomic E-state index is 6.10. The standard InChI is InChI=1S/C12H17Cl2NO2/c1-16-5-2-6-17-12-9(3-4-15)7-10(13)8-11(12)14/h7-8H,2-6,15H2,1H3. The first-order chi connectivity index (χ1) is 8.19. The SMILES string of the molecule is COCCCOc1c(Cl)cc(Cl)cc1CCN. The van der Waals surface area contributed by atoms with Crippen LogP contribution >= 0.6 is 23.2 Å². The maximum absolute atomic E-state index is 6.10. The molecule has 3 nitrogen and oxygen atoms in total. The maximum Gasteiger partial charge on any atom is 0.141 e. The van der Waals surface area contributed by atoms with Gasteiger partial charge in [-0.2, -0.15) is 0 Å². The number of halogens is 2. The van der Waals surface area contributed by atoms with Crippen LogP contribution in [-0.4, -0.2) is 26.9 Å². The second-order valence-electron chi connectivity index (χ2n) is 3.61. The van der Waals surface area contributed by atoms with Gasteiger partial charge in [-0.25, -0.2) is 0 Å². The predicted molar refractivity (Wildman–Crippen MR) is 71.2 cm³/mol. The molecule has 2 N–H and O–H groups in total. The van der Waals surface area contributed by atoms with Crippen molar-refractivity contribution in [1.82, 2.24) is 0 Å². The average Bonchev–Trinajstić information content (AvgIpc) is 2.27. The Hall–Kier alpha value is -0.480. The summed E-state index contributed by atoms with van der Waals surface area (Å²) in [6.07, 6.45) is 1.51. The second-order valence-corrected chi connectivity index (χ2v) is 4.45. The highest BCUT2D eigenvalue weighted by Gasteiger charge is 2.10. The molecule has 0 heterocycles. The Bertz CT molecular complexity index is 359. The molecule has 0 saturated carbocycles. The zero-order valence-electron chi connectivity index (χ0n) is 9.84. The summed E-state index contributed by atoms with van der Waals surface area (Å²) < 4.78 is 10.6. The molecule has 17 heavy (non-hydrogen) atoms. The number of benzene rings is 1. The lowest BCUT2D eigenvalue weighted by Crippen LogP contribution is -2.07. The van der Waals surface area contributed by atoms with Crippen LogP contribution in [0.5, 0.6) is 5.75 Å². The van der Waals surface area contributed by atoms with Crippen molar-refractivity contribution in [2.75, 3.05) is 26.9 Å². The first kappa shape index (κ1) is 14.6. The molecule has 0 aliphatic heterocycles. The Balaban J connectivity index is 2.73. The Morgan fingerprint density at radius 2 is 2.00 bits per heavy atom. The largest absolute Gasteiger partial charge is 0.492 e. The fourth-order valence-corrected chi connectivity index (χ4v) is 2.08. The van der Waals surface area contributed by atoms with Crippen LogP contribution in [0.1, 0.15) is 12.0 Å². The first-order valence-electron chi connectivity index (χ1n) is 5.48. The van der Waals surface area contributed by atoms with Gasteiger partial charge >= 0.3 is 0 Å². The van der Waals surface area contributed by atoms with Crippen LogP contribution in [-0.2, 0) is 11.2 Å². The van der Waals surface area contributed by atoms with Gasteiger partial charge in [0.2, 0.25) is 0 Å². The fraction of sp³-hybridized carbons (Fsp3) is 0.500. The molecule has 0 bridgehead atoms. The number of hydrogen-bond donors (Lipinski definition) is 1. The highest BCUT2D eigenvalue weighted by molar-refractivity contribution is 6.35. The minimum atomic E-state index is 0.526. The van der Waals surface area contributed by atoms with Gasteiger partial charge in [-0.05, 0) is 30.7 Å². The summed E-state index contributed by atoms with van der Waals surface area (Å²) in [5.74, 6) is 0.678. The highest BCUT2D eigenvalue weighted by Crippen LogP contribution is 2.32. The summed E-state index contributed by atoms with van der Waals surface area (Å²) in [5, 5.41) is 1.13. The van der Waals surface area contributed by atoms with Crippen molar-refractivity contribution in [2.24, 2.45) is 5.73 Å². The molecule has 1 rings (SSSR count). The third kappa shape index (κ3) is 4.72. The summed E-state index contributed by atoms with van der Waals surface area (Å²) in [5.41, 5.74) is 6.49. The van der Waals surface area contributed by atoms with E-state index in [2.05, 4.69) is 0 Å². The Morgan fingerprint density at radius 1 is 1.24 bits per heavy atom. The summed E-state index contributed by atoms with van der Waals surface area (Å²) in [7, 11) is 1.66. The molecular weight excluding hydrogens is 261 g/mol. The summed E-state index contributed by atoms with van der Waals surface area (Å²) in [4.78, 5) is 0. The van der Waals surface area contributed by atoms with Crippen molar-refractivity contribution in [3.63, 3.8) is 0 Å². The zero-order valence-corrected chi connectivity index (χ0v) is 11.4. The van der Waals surface area contributed by atoms with Gasteiger partial charge in [-0.3, -0.25) is 0 Å². The van der Waals surface area contributed by atoms with E-state index >= 15 is 0 Å². The molecule has 5 heteroatoms. The molecule has 0 aliphatic carbocycles.